The number of aromatic nitrogens is 3. The van der Waals surface area contributed by atoms with Crippen molar-refractivity contribution in [2.45, 2.75) is 38.5 Å². The molecule has 3 aromatic rings. The van der Waals surface area contributed by atoms with E-state index in [0.29, 0.717) is 10.9 Å². The average Bonchev–Trinajstić information content (AvgIpc) is 2.62. The smallest absolute Gasteiger partial charge is 0.223 e. The maximum atomic E-state index is 14.7. The number of fused-ring (bicyclic) bond motifs is 1. The molecule has 2 atom stereocenters. The van der Waals surface area contributed by atoms with Crippen LogP contribution in [-0.2, 0) is 11.4 Å². The molecule has 0 bridgehead atoms. The van der Waals surface area contributed by atoms with E-state index in [-0.39, 0.29) is 28.1 Å². The molecule has 9 heteroatoms. The number of rotatable bonds is 4. The van der Waals surface area contributed by atoms with Crippen LogP contribution in [0.4, 0.5) is 8.78 Å². The highest BCUT2D eigenvalue weighted by Crippen LogP contribution is 2.31. The number of halogens is 3. The van der Waals surface area contributed by atoms with E-state index >= 15 is 0 Å². The van der Waals surface area contributed by atoms with Crippen molar-refractivity contribution in [1.29, 1.82) is 0 Å². The highest BCUT2D eigenvalue weighted by atomic mass is 35.5. The third-order valence-electron chi connectivity index (χ3n) is 4.13. The SMILES string of the molecule is CC(N[S+]([O-])C(C)(C)C)c1ccnc2c(F)cc(-c3nc(Cl)ncc3F)cc12. The fourth-order valence-corrected chi connectivity index (χ4v) is 3.63. The normalized spacial score (nSPS) is 14.3. The largest absolute Gasteiger partial charge is 0.598 e. The molecule has 0 aliphatic rings. The van der Waals surface area contributed by atoms with Gasteiger partial charge < -0.3 is 4.55 Å². The number of hydrogen-bond donors (Lipinski definition) is 1. The molecule has 148 valence electrons. The third kappa shape index (κ3) is 4.25. The second kappa shape index (κ2) is 7.87. The fraction of sp³-hybridized carbons (Fsp3) is 0.316. The first-order valence-corrected chi connectivity index (χ1v) is 10.1. The summed E-state index contributed by atoms with van der Waals surface area (Å²) in [6, 6.07) is 4.11. The molecule has 1 aromatic carbocycles. The quantitative estimate of drug-likeness (QED) is 0.484. The molecular formula is C19H19ClF2N4OS. The predicted molar refractivity (Wildman–Crippen MR) is 107 cm³/mol. The van der Waals surface area contributed by atoms with Crippen molar-refractivity contribution in [1.82, 2.24) is 19.7 Å². The minimum absolute atomic E-state index is 0.102. The Hall–Kier alpha value is -1.87. The molecule has 0 saturated carbocycles. The van der Waals surface area contributed by atoms with Crippen molar-refractivity contribution in [3.05, 3.63) is 53.1 Å². The monoisotopic (exact) mass is 424 g/mol. The molecule has 0 saturated heterocycles. The molecular weight excluding hydrogens is 406 g/mol. The van der Waals surface area contributed by atoms with E-state index in [4.69, 9.17) is 11.6 Å². The average molecular weight is 425 g/mol. The summed E-state index contributed by atoms with van der Waals surface area (Å²) in [7, 11) is 0. The van der Waals surface area contributed by atoms with E-state index in [9.17, 15) is 13.3 Å². The molecule has 2 aromatic heterocycles. The molecule has 0 aliphatic heterocycles. The van der Waals surface area contributed by atoms with E-state index in [0.717, 1.165) is 12.3 Å². The van der Waals surface area contributed by atoms with Crippen LogP contribution in [0.2, 0.25) is 5.28 Å². The summed E-state index contributed by atoms with van der Waals surface area (Å²) < 4.78 is 43.9. The highest BCUT2D eigenvalue weighted by Gasteiger charge is 2.29. The summed E-state index contributed by atoms with van der Waals surface area (Å²) in [4.78, 5) is 11.5. The topological polar surface area (TPSA) is 73.8 Å². The number of hydrogen-bond acceptors (Lipinski definition) is 5. The van der Waals surface area contributed by atoms with Gasteiger partial charge in [0.1, 0.15) is 21.8 Å². The van der Waals surface area contributed by atoms with Crippen LogP contribution in [-0.4, -0.2) is 24.3 Å². The van der Waals surface area contributed by atoms with Gasteiger partial charge in [0, 0.05) is 28.5 Å². The van der Waals surface area contributed by atoms with E-state index in [2.05, 4.69) is 19.7 Å². The Kier molecular flexibility index (Phi) is 5.86. The first-order chi connectivity index (χ1) is 13.1. The molecule has 1 N–H and O–H groups in total. The van der Waals surface area contributed by atoms with Crippen LogP contribution in [0.3, 0.4) is 0 Å². The minimum Gasteiger partial charge on any atom is -0.598 e. The zero-order chi connectivity index (χ0) is 20.6. The van der Waals surface area contributed by atoms with E-state index in [1.54, 1.807) is 12.1 Å². The van der Waals surface area contributed by atoms with Gasteiger partial charge in [0.2, 0.25) is 5.28 Å². The van der Waals surface area contributed by atoms with Crippen molar-refractivity contribution >= 4 is 33.9 Å². The standard InChI is InChI=1S/C19H19ClF2N4OS/c1-10(26-28(27)19(2,3)4)12-5-6-23-17-13(12)7-11(8-14(17)21)16-15(22)9-24-18(20)25-16/h5-10,26H,1-4H3. The summed E-state index contributed by atoms with van der Waals surface area (Å²) in [5.74, 6) is -1.33. The van der Waals surface area contributed by atoms with Gasteiger partial charge in [-0.15, -0.1) is 4.72 Å². The lowest BCUT2D eigenvalue weighted by atomic mass is 10.00. The maximum Gasteiger partial charge on any atom is 0.223 e. The molecule has 2 unspecified atom stereocenters. The van der Waals surface area contributed by atoms with Crippen molar-refractivity contribution in [2.75, 3.05) is 0 Å². The zero-order valence-electron chi connectivity index (χ0n) is 15.8. The number of benzene rings is 1. The molecule has 28 heavy (non-hydrogen) atoms. The van der Waals surface area contributed by atoms with Gasteiger partial charge in [0.25, 0.3) is 0 Å². The van der Waals surface area contributed by atoms with Gasteiger partial charge in [-0.25, -0.2) is 18.7 Å². The minimum atomic E-state index is -1.33. The van der Waals surface area contributed by atoms with Gasteiger partial charge in [-0.2, -0.15) is 0 Å². The summed E-state index contributed by atoms with van der Waals surface area (Å²) in [6.45, 7) is 7.39. The van der Waals surface area contributed by atoms with Crippen molar-refractivity contribution in [3.63, 3.8) is 0 Å². The Morgan fingerprint density at radius 2 is 1.89 bits per heavy atom. The summed E-state index contributed by atoms with van der Waals surface area (Å²) in [5, 5.41) is 0.330. The first kappa shape index (κ1) is 20.9. The fourth-order valence-electron chi connectivity index (χ4n) is 2.70. The highest BCUT2D eigenvalue weighted by molar-refractivity contribution is 7.90. The van der Waals surface area contributed by atoms with Crippen LogP contribution in [0.15, 0.2) is 30.6 Å². The van der Waals surface area contributed by atoms with Crippen molar-refractivity contribution in [3.8, 4) is 11.3 Å². The van der Waals surface area contributed by atoms with Gasteiger partial charge in [0.05, 0.1) is 12.2 Å². The number of pyridine rings is 1. The lowest BCUT2D eigenvalue weighted by Crippen LogP contribution is -2.40. The van der Waals surface area contributed by atoms with Crippen LogP contribution in [0.25, 0.3) is 22.2 Å². The second-order valence-electron chi connectivity index (χ2n) is 7.31. The Morgan fingerprint density at radius 3 is 2.57 bits per heavy atom. The van der Waals surface area contributed by atoms with Gasteiger partial charge >= 0.3 is 0 Å². The van der Waals surface area contributed by atoms with Crippen LogP contribution in [0.1, 0.15) is 39.3 Å². The lowest BCUT2D eigenvalue weighted by Gasteiger charge is -2.27. The second-order valence-corrected chi connectivity index (χ2v) is 9.65. The van der Waals surface area contributed by atoms with Crippen LogP contribution in [0, 0.1) is 11.6 Å². The van der Waals surface area contributed by atoms with Crippen molar-refractivity contribution < 1.29 is 13.3 Å². The van der Waals surface area contributed by atoms with E-state index in [1.165, 1.54) is 6.20 Å². The third-order valence-corrected chi connectivity index (χ3v) is 5.99. The lowest BCUT2D eigenvalue weighted by molar-refractivity contribution is 0.532. The molecule has 0 radical (unpaired) electrons. The Balaban J connectivity index is 2.12. The molecule has 3 rings (SSSR count). The zero-order valence-corrected chi connectivity index (χ0v) is 17.3. The van der Waals surface area contributed by atoms with E-state index in [1.807, 2.05) is 27.7 Å². The summed E-state index contributed by atoms with van der Waals surface area (Å²) in [6.07, 6.45) is 2.42. The van der Waals surface area contributed by atoms with Gasteiger partial charge in [0.15, 0.2) is 5.82 Å². The van der Waals surface area contributed by atoms with Gasteiger partial charge in [-0.1, -0.05) is 0 Å². The predicted octanol–water partition coefficient (Wildman–Crippen LogP) is 4.74. The van der Waals surface area contributed by atoms with Crippen molar-refractivity contribution in [2.24, 2.45) is 0 Å². The maximum absolute atomic E-state index is 14.7. The summed E-state index contributed by atoms with van der Waals surface area (Å²) >= 11 is 4.44. The van der Waals surface area contributed by atoms with Crippen LogP contribution >= 0.6 is 11.6 Å². The van der Waals surface area contributed by atoms with Gasteiger partial charge in [-0.05, 0) is 63.1 Å². The van der Waals surface area contributed by atoms with Gasteiger partial charge in [-0.3, -0.25) is 4.98 Å². The van der Waals surface area contributed by atoms with E-state index < -0.39 is 27.7 Å². The number of nitrogens with one attached hydrogen (secondary N) is 1. The molecule has 0 amide bonds. The molecule has 2 heterocycles. The summed E-state index contributed by atoms with van der Waals surface area (Å²) in [5.41, 5.74) is 0.931. The molecule has 0 spiro atoms. The Bertz CT molecular complexity index is 1030. The molecule has 0 fully saturated rings. The first-order valence-electron chi connectivity index (χ1n) is 8.52. The number of nitrogens with zero attached hydrogens (tertiary/aromatic N) is 3. The Morgan fingerprint density at radius 1 is 1.18 bits per heavy atom. The Labute approximate surface area is 169 Å². The van der Waals surface area contributed by atoms with Crippen LogP contribution in [0.5, 0.6) is 0 Å². The molecule has 5 nitrogen and oxygen atoms in total. The molecule has 0 aliphatic carbocycles. The van der Waals surface area contributed by atoms with Crippen LogP contribution < -0.4 is 4.72 Å².